The van der Waals surface area contributed by atoms with Gasteiger partial charge < -0.3 is 14.2 Å². The number of carbonyl (C=O) groups excluding carboxylic acids is 1. The number of methoxy groups -OCH3 is 1. The molecule has 124 valence electrons. The lowest BCUT2D eigenvalue weighted by atomic mass is 10.2. The maximum Gasteiger partial charge on any atom is 0.347 e. The highest BCUT2D eigenvalue weighted by molar-refractivity contribution is 5.74. The van der Waals surface area contributed by atoms with Gasteiger partial charge in [-0.05, 0) is 48.9 Å². The van der Waals surface area contributed by atoms with Crippen molar-refractivity contribution < 1.29 is 23.4 Å². The first kappa shape index (κ1) is 17.3. The number of ether oxygens (including phenoxy) is 3. The molecule has 2 aromatic rings. The summed E-state index contributed by atoms with van der Waals surface area (Å²) in [6.07, 6.45) is -0.832. The van der Waals surface area contributed by atoms with Gasteiger partial charge in [0.05, 0.1) is 18.7 Å². The first-order valence-electron chi connectivity index (χ1n) is 7.19. The Morgan fingerprint density at radius 3 is 2.54 bits per heavy atom. The molecule has 0 fully saturated rings. The van der Waals surface area contributed by atoms with Gasteiger partial charge in [0.2, 0.25) is 0 Å². The standard InChI is InChI=1S/C18H16FNO4/c1-12(24-15-6-3-13(10-20)4-7-15)18(21)23-11-14-5-8-17(22-2)16(19)9-14/h3-9,12H,11H2,1-2H3/t12-/m0/s1. The van der Waals surface area contributed by atoms with Crippen molar-refractivity contribution in [1.82, 2.24) is 0 Å². The fraction of sp³-hybridized carbons (Fsp3) is 0.222. The molecule has 0 radical (unpaired) electrons. The Hall–Kier alpha value is -3.07. The topological polar surface area (TPSA) is 68.6 Å². The van der Waals surface area contributed by atoms with E-state index >= 15 is 0 Å². The van der Waals surface area contributed by atoms with Gasteiger partial charge in [0.25, 0.3) is 0 Å². The van der Waals surface area contributed by atoms with E-state index in [4.69, 9.17) is 19.5 Å². The Kier molecular flexibility index (Phi) is 5.74. The van der Waals surface area contributed by atoms with Crippen LogP contribution in [-0.2, 0) is 16.1 Å². The molecule has 0 amide bonds. The molecule has 5 nitrogen and oxygen atoms in total. The van der Waals surface area contributed by atoms with Gasteiger partial charge in [-0.25, -0.2) is 9.18 Å². The number of hydrogen-bond donors (Lipinski definition) is 0. The molecule has 2 aromatic carbocycles. The van der Waals surface area contributed by atoms with Crippen LogP contribution < -0.4 is 9.47 Å². The predicted molar refractivity (Wildman–Crippen MR) is 84.0 cm³/mol. The first-order chi connectivity index (χ1) is 11.5. The van der Waals surface area contributed by atoms with Gasteiger partial charge in [0.15, 0.2) is 17.7 Å². The highest BCUT2D eigenvalue weighted by atomic mass is 19.1. The van der Waals surface area contributed by atoms with E-state index in [0.29, 0.717) is 16.9 Å². The molecular formula is C18H16FNO4. The summed E-state index contributed by atoms with van der Waals surface area (Å²) in [6, 6.07) is 12.7. The lowest BCUT2D eigenvalue weighted by molar-refractivity contribution is -0.152. The maximum absolute atomic E-state index is 13.6. The average molecular weight is 329 g/mol. The normalized spacial score (nSPS) is 11.2. The number of carbonyl (C=O) groups is 1. The summed E-state index contributed by atoms with van der Waals surface area (Å²) in [5.74, 6) is -0.514. The second-order valence-electron chi connectivity index (χ2n) is 4.97. The third-order valence-electron chi connectivity index (χ3n) is 3.23. The quantitative estimate of drug-likeness (QED) is 0.761. The van der Waals surface area contributed by atoms with Gasteiger partial charge >= 0.3 is 5.97 Å². The zero-order valence-electron chi connectivity index (χ0n) is 13.3. The van der Waals surface area contributed by atoms with Gasteiger partial charge in [0, 0.05) is 0 Å². The van der Waals surface area contributed by atoms with E-state index in [-0.39, 0.29) is 12.4 Å². The van der Waals surface area contributed by atoms with Crippen molar-refractivity contribution in [2.45, 2.75) is 19.6 Å². The second-order valence-corrected chi connectivity index (χ2v) is 4.97. The number of halogens is 1. The average Bonchev–Trinajstić information content (AvgIpc) is 2.60. The van der Waals surface area contributed by atoms with E-state index in [1.165, 1.54) is 19.2 Å². The summed E-state index contributed by atoms with van der Waals surface area (Å²) in [7, 11) is 1.38. The molecule has 0 saturated heterocycles. The number of rotatable bonds is 6. The molecule has 0 aliphatic rings. The van der Waals surface area contributed by atoms with Crippen LogP contribution in [0.2, 0.25) is 0 Å². The molecule has 2 rings (SSSR count). The second kappa shape index (κ2) is 7.97. The zero-order valence-corrected chi connectivity index (χ0v) is 13.3. The molecule has 0 bridgehead atoms. The fourth-order valence-corrected chi connectivity index (χ4v) is 1.93. The van der Waals surface area contributed by atoms with Crippen LogP contribution in [0.25, 0.3) is 0 Å². The lowest BCUT2D eigenvalue weighted by Gasteiger charge is -2.14. The van der Waals surface area contributed by atoms with Crippen molar-refractivity contribution in [2.24, 2.45) is 0 Å². The van der Waals surface area contributed by atoms with Gasteiger partial charge in [-0.2, -0.15) is 5.26 Å². The van der Waals surface area contributed by atoms with Crippen molar-refractivity contribution in [3.05, 3.63) is 59.4 Å². The molecule has 0 aromatic heterocycles. The number of nitriles is 1. The van der Waals surface area contributed by atoms with Gasteiger partial charge in [-0.3, -0.25) is 0 Å². The molecule has 0 N–H and O–H groups in total. The Labute approximate surface area is 139 Å². The van der Waals surface area contributed by atoms with Crippen molar-refractivity contribution in [3.8, 4) is 17.6 Å². The molecule has 0 heterocycles. The molecule has 0 aliphatic heterocycles. The van der Waals surface area contributed by atoms with Crippen molar-refractivity contribution in [3.63, 3.8) is 0 Å². The number of hydrogen-bond acceptors (Lipinski definition) is 5. The highest BCUT2D eigenvalue weighted by Gasteiger charge is 2.17. The van der Waals surface area contributed by atoms with Gasteiger partial charge in [0.1, 0.15) is 12.4 Å². The third kappa shape index (κ3) is 4.46. The molecule has 24 heavy (non-hydrogen) atoms. The SMILES string of the molecule is COc1ccc(COC(=O)[C@H](C)Oc2ccc(C#N)cc2)cc1F. The largest absolute Gasteiger partial charge is 0.494 e. The van der Waals surface area contributed by atoms with Crippen LogP contribution in [0.15, 0.2) is 42.5 Å². The van der Waals surface area contributed by atoms with E-state index in [1.54, 1.807) is 37.3 Å². The molecule has 0 aliphatic carbocycles. The van der Waals surface area contributed by atoms with E-state index < -0.39 is 17.9 Å². The maximum atomic E-state index is 13.6. The fourth-order valence-electron chi connectivity index (χ4n) is 1.93. The predicted octanol–water partition coefficient (Wildman–Crippen LogP) is 3.22. The van der Waals surface area contributed by atoms with Crippen molar-refractivity contribution in [2.75, 3.05) is 7.11 Å². The minimum atomic E-state index is -0.832. The Bertz CT molecular complexity index is 753. The van der Waals surface area contributed by atoms with Crippen molar-refractivity contribution in [1.29, 1.82) is 5.26 Å². The van der Waals surface area contributed by atoms with Crippen LogP contribution in [-0.4, -0.2) is 19.2 Å². The summed E-state index contributed by atoms with van der Waals surface area (Å²) < 4.78 is 29.0. The van der Waals surface area contributed by atoms with Crippen LogP contribution >= 0.6 is 0 Å². The smallest absolute Gasteiger partial charge is 0.347 e. The van der Waals surface area contributed by atoms with Gasteiger partial charge in [-0.15, -0.1) is 0 Å². The number of nitrogens with zero attached hydrogens (tertiary/aromatic N) is 1. The van der Waals surface area contributed by atoms with Crippen LogP contribution in [0.3, 0.4) is 0 Å². The van der Waals surface area contributed by atoms with E-state index in [9.17, 15) is 9.18 Å². The molecular weight excluding hydrogens is 313 g/mol. The minimum absolute atomic E-state index is 0.0686. The van der Waals surface area contributed by atoms with E-state index in [2.05, 4.69) is 0 Å². The Morgan fingerprint density at radius 1 is 1.25 bits per heavy atom. The Morgan fingerprint density at radius 2 is 1.96 bits per heavy atom. The summed E-state index contributed by atoms with van der Waals surface area (Å²) in [4.78, 5) is 11.9. The lowest BCUT2D eigenvalue weighted by Crippen LogP contribution is -2.26. The summed E-state index contributed by atoms with van der Waals surface area (Å²) in [5.41, 5.74) is 1.01. The molecule has 6 heteroatoms. The van der Waals surface area contributed by atoms with Crippen LogP contribution in [0.4, 0.5) is 4.39 Å². The molecule has 0 saturated carbocycles. The summed E-state index contributed by atoms with van der Waals surface area (Å²) in [5, 5.41) is 8.73. The molecule has 0 unspecified atom stereocenters. The summed E-state index contributed by atoms with van der Waals surface area (Å²) in [6.45, 7) is 1.48. The minimum Gasteiger partial charge on any atom is -0.494 e. The van der Waals surface area contributed by atoms with Gasteiger partial charge in [-0.1, -0.05) is 6.07 Å². The van der Waals surface area contributed by atoms with E-state index in [0.717, 1.165) is 0 Å². The van der Waals surface area contributed by atoms with Crippen LogP contribution in [0.5, 0.6) is 11.5 Å². The monoisotopic (exact) mass is 329 g/mol. The van der Waals surface area contributed by atoms with Crippen molar-refractivity contribution >= 4 is 5.97 Å². The Balaban J connectivity index is 1.89. The molecule has 1 atom stereocenters. The zero-order chi connectivity index (χ0) is 17.5. The number of benzene rings is 2. The highest BCUT2D eigenvalue weighted by Crippen LogP contribution is 2.18. The van der Waals surface area contributed by atoms with Crippen LogP contribution in [0, 0.1) is 17.1 Å². The van der Waals surface area contributed by atoms with Crippen LogP contribution in [0.1, 0.15) is 18.1 Å². The first-order valence-corrected chi connectivity index (χ1v) is 7.19. The molecule has 0 spiro atoms. The number of esters is 1. The summed E-state index contributed by atoms with van der Waals surface area (Å²) >= 11 is 0. The van der Waals surface area contributed by atoms with E-state index in [1.807, 2.05) is 6.07 Å². The third-order valence-corrected chi connectivity index (χ3v) is 3.23.